The van der Waals surface area contributed by atoms with Gasteiger partial charge in [-0.05, 0) is 31.2 Å². The van der Waals surface area contributed by atoms with E-state index in [2.05, 4.69) is 9.97 Å². The van der Waals surface area contributed by atoms with Gasteiger partial charge in [0.1, 0.15) is 5.82 Å². The molecule has 1 aromatic heterocycles. The Morgan fingerprint density at radius 1 is 1.22 bits per heavy atom. The monoisotopic (exact) mass is 371 g/mol. The van der Waals surface area contributed by atoms with Crippen molar-refractivity contribution < 1.29 is 23.9 Å². The number of carbonyl (C=O) groups excluding carboxylic acids is 1. The van der Waals surface area contributed by atoms with Gasteiger partial charge in [0, 0.05) is 17.7 Å². The third-order valence-corrected chi connectivity index (χ3v) is 3.76. The summed E-state index contributed by atoms with van der Waals surface area (Å²) in [7, 11) is 1.48. The maximum Gasteiger partial charge on any atom is 0.344 e. The maximum absolute atomic E-state index is 11.4. The van der Waals surface area contributed by atoms with Crippen LogP contribution in [0.4, 0.5) is 5.69 Å². The number of rotatable bonds is 7. The molecule has 140 valence electrons. The van der Waals surface area contributed by atoms with E-state index < -0.39 is 10.9 Å². The average molecular weight is 371 g/mol. The van der Waals surface area contributed by atoms with Crippen molar-refractivity contribution in [3.8, 4) is 22.9 Å². The van der Waals surface area contributed by atoms with E-state index in [1.165, 1.54) is 19.2 Å². The van der Waals surface area contributed by atoms with E-state index in [0.717, 1.165) is 0 Å². The van der Waals surface area contributed by atoms with Gasteiger partial charge in [-0.1, -0.05) is 0 Å². The molecule has 0 bridgehead atoms. The highest BCUT2D eigenvalue weighted by atomic mass is 16.6. The van der Waals surface area contributed by atoms with Crippen molar-refractivity contribution in [3.63, 3.8) is 0 Å². The topological polar surface area (TPSA) is 117 Å². The number of H-pyrrole nitrogens is 1. The average Bonchev–Trinajstić information content (AvgIpc) is 3.09. The number of benzene rings is 2. The van der Waals surface area contributed by atoms with Gasteiger partial charge in [-0.15, -0.1) is 0 Å². The van der Waals surface area contributed by atoms with Gasteiger partial charge in [0.2, 0.25) is 0 Å². The first-order chi connectivity index (χ1) is 13.0. The molecule has 9 nitrogen and oxygen atoms in total. The van der Waals surface area contributed by atoms with Crippen molar-refractivity contribution in [1.82, 2.24) is 9.97 Å². The van der Waals surface area contributed by atoms with Gasteiger partial charge in [0.15, 0.2) is 18.1 Å². The molecule has 0 atom stereocenters. The minimum absolute atomic E-state index is 0.0157. The Balaban J connectivity index is 1.87. The summed E-state index contributed by atoms with van der Waals surface area (Å²) in [5, 5.41) is 10.9. The molecule has 0 saturated carbocycles. The van der Waals surface area contributed by atoms with Crippen LogP contribution in [-0.4, -0.2) is 41.2 Å². The van der Waals surface area contributed by atoms with Crippen molar-refractivity contribution in [2.24, 2.45) is 0 Å². The zero-order chi connectivity index (χ0) is 19.4. The third kappa shape index (κ3) is 3.97. The van der Waals surface area contributed by atoms with Crippen LogP contribution in [0.25, 0.3) is 22.4 Å². The van der Waals surface area contributed by atoms with Gasteiger partial charge in [0.25, 0.3) is 5.69 Å². The number of ether oxygens (including phenoxy) is 3. The summed E-state index contributed by atoms with van der Waals surface area (Å²) >= 11 is 0. The second kappa shape index (κ2) is 7.73. The van der Waals surface area contributed by atoms with Crippen LogP contribution in [0.2, 0.25) is 0 Å². The molecule has 9 heteroatoms. The van der Waals surface area contributed by atoms with Crippen LogP contribution in [0.15, 0.2) is 36.4 Å². The lowest BCUT2D eigenvalue weighted by Gasteiger charge is -2.11. The Morgan fingerprint density at radius 2 is 2.04 bits per heavy atom. The Labute approximate surface area is 154 Å². The number of methoxy groups -OCH3 is 1. The lowest BCUT2D eigenvalue weighted by molar-refractivity contribution is -0.384. The summed E-state index contributed by atoms with van der Waals surface area (Å²) in [5.41, 5.74) is 1.85. The Kier molecular flexibility index (Phi) is 5.20. The number of fused-ring (bicyclic) bond motifs is 1. The van der Waals surface area contributed by atoms with Crippen LogP contribution >= 0.6 is 0 Å². The summed E-state index contributed by atoms with van der Waals surface area (Å²) in [5.74, 6) is 0.868. The molecule has 0 aliphatic carbocycles. The summed E-state index contributed by atoms with van der Waals surface area (Å²) < 4.78 is 15.6. The van der Waals surface area contributed by atoms with Crippen LogP contribution in [0.1, 0.15) is 6.92 Å². The van der Waals surface area contributed by atoms with E-state index in [0.29, 0.717) is 33.9 Å². The molecule has 0 aliphatic rings. The van der Waals surface area contributed by atoms with Crippen LogP contribution < -0.4 is 9.47 Å². The van der Waals surface area contributed by atoms with E-state index in [-0.39, 0.29) is 18.9 Å². The first-order valence-electron chi connectivity index (χ1n) is 8.12. The number of nitro groups is 1. The number of nitrogens with zero attached hydrogens (tertiary/aromatic N) is 2. The number of imidazole rings is 1. The lowest BCUT2D eigenvalue weighted by atomic mass is 10.2. The molecule has 0 saturated heterocycles. The molecule has 1 heterocycles. The van der Waals surface area contributed by atoms with Gasteiger partial charge in [-0.3, -0.25) is 10.1 Å². The van der Waals surface area contributed by atoms with Gasteiger partial charge in [-0.2, -0.15) is 0 Å². The zero-order valence-electron chi connectivity index (χ0n) is 14.7. The molecule has 0 spiro atoms. The highest BCUT2D eigenvalue weighted by Gasteiger charge is 2.14. The fraction of sp³-hybridized carbons (Fsp3) is 0.222. The fourth-order valence-corrected chi connectivity index (χ4v) is 2.52. The first kappa shape index (κ1) is 18.2. The second-order valence-corrected chi connectivity index (χ2v) is 5.50. The van der Waals surface area contributed by atoms with E-state index in [9.17, 15) is 14.9 Å². The predicted molar refractivity (Wildman–Crippen MR) is 96.9 cm³/mol. The molecule has 0 amide bonds. The molecule has 1 N–H and O–H groups in total. The van der Waals surface area contributed by atoms with Crippen molar-refractivity contribution in [2.45, 2.75) is 6.92 Å². The largest absolute Gasteiger partial charge is 0.493 e. The standard InChI is InChI=1S/C18H17N3O6/c1-3-26-17(22)10-27-15-7-4-11(8-16(15)25-2)18-19-13-6-5-12(21(23)24)9-14(13)20-18/h4-9H,3,10H2,1-2H3,(H,19,20). The number of nitro benzene ring substituents is 1. The Morgan fingerprint density at radius 3 is 2.74 bits per heavy atom. The molecule has 0 aliphatic heterocycles. The normalized spacial score (nSPS) is 10.6. The molecule has 0 radical (unpaired) electrons. The van der Waals surface area contributed by atoms with E-state index >= 15 is 0 Å². The number of nitrogens with one attached hydrogen (secondary N) is 1. The number of carbonyl (C=O) groups is 1. The van der Waals surface area contributed by atoms with Gasteiger partial charge in [-0.25, -0.2) is 9.78 Å². The summed E-state index contributed by atoms with van der Waals surface area (Å²) in [6.07, 6.45) is 0. The summed E-state index contributed by atoms with van der Waals surface area (Å²) in [6, 6.07) is 9.52. The van der Waals surface area contributed by atoms with Crippen LogP contribution in [0.3, 0.4) is 0 Å². The fourth-order valence-electron chi connectivity index (χ4n) is 2.52. The highest BCUT2D eigenvalue weighted by Crippen LogP contribution is 2.32. The van der Waals surface area contributed by atoms with Crippen LogP contribution in [-0.2, 0) is 9.53 Å². The molecular weight excluding hydrogens is 354 g/mol. The van der Waals surface area contributed by atoms with Crippen molar-refractivity contribution in [3.05, 3.63) is 46.5 Å². The smallest absolute Gasteiger partial charge is 0.344 e. The van der Waals surface area contributed by atoms with Gasteiger partial charge >= 0.3 is 5.97 Å². The first-order valence-corrected chi connectivity index (χ1v) is 8.12. The predicted octanol–water partition coefficient (Wildman–Crippen LogP) is 3.09. The number of hydrogen-bond donors (Lipinski definition) is 1. The second-order valence-electron chi connectivity index (χ2n) is 5.50. The molecule has 3 aromatic rings. The van der Waals surface area contributed by atoms with Gasteiger partial charge in [0.05, 0.1) is 29.7 Å². The number of hydrogen-bond acceptors (Lipinski definition) is 7. The number of esters is 1. The zero-order valence-corrected chi connectivity index (χ0v) is 14.7. The quantitative estimate of drug-likeness (QED) is 0.385. The summed E-state index contributed by atoms with van der Waals surface area (Å²) in [6.45, 7) is 1.77. The van der Waals surface area contributed by atoms with Crippen molar-refractivity contribution >= 4 is 22.7 Å². The van der Waals surface area contributed by atoms with E-state index in [1.807, 2.05) is 0 Å². The molecule has 0 unspecified atom stereocenters. The minimum atomic E-state index is -0.470. The minimum Gasteiger partial charge on any atom is -0.493 e. The molecule has 0 fully saturated rings. The SMILES string of the molecule is CCOC(=O)COc1ccc(-c2nc3ccc([N+](=O)[O-])cc3[nH]2)cc1OC. The Hall–Kier alpha value is -3.62. The highest BCUT2D eigenvalue weighted by molar-refractivity contribution is 5.81. The number of aromatic amines is 1. The molecular formula is C18H17N3O6. The lowest BCUT2D eigenvalue weighted by Crippen LogP contribution is -2.14. The van der Waals surface area contributed by atoms with Gasteiger partial charge < -0.3 is 19.2 Å². The van der Waals surface area contributed by atoms with Crippen molar-refractivity contribution in [2.75, 3.05) is 20.3 Å². The number of non-ortho nitro benzene ring substituents is 1. The van der Waals surface area contributed by atoms with Crippen LogP contribution in [0, 0.1) is 10.1 Å². The maximum atomic E-state index is 11.4. The summed E-state index contributed by atoms with van der Waals surface area (Å²) in [4.78, 5) is 29.4. The number of aromatic nitrogens is 2. The van der Waals surface area contributed by atoms with Crippen molar-refractivity contribution in [1.29, 1.82) is 0 Å². The van der Waals surface area contributed by atoms with Crippen LogP contribution in [0.5, 0.6) is 11.5 Å². The molecule has 3 rings (SSSR count). The molecule has 27 heavy (non-hydrogen) atoms. The van der Waals surface area contributed by atoms with E-state index in [4.69, 9.17) is 14.2 Å². The Bertz CT molecular complexity index is 998. The molecule has 2 aromatic carbocycles. The third-order valence-electron chi connectivity index (χ3n) is 3.76. The van der Waals surface area contributed by atoms with E-state index in [1.54, 1.807) is 31.2 Å².